The molecule has 2 unspecified atom stereocenters. The van der Waals surface area contributed by atoms with Gasteiger partial charge >= 0.3 is 0 Å². The highest BCUT2D eigenvalue weighted by atomic mass is 32.2. The van der Waals surface area contributed by atoms with E-state index in [1.165, 1.54) is 4.90 Å². The topological polar surface area (TPSA) is 66.5 Å². The summed E-state index contributed by atoms with van der Waals surface area (Å²) in [5.41, 5.74) is 0. The molecule has 0 bridgehead atoms. The maximum absolute atomic E-state index is 11.5. The molecule has 0 aromatic rings. The third-order valence-corrected chi connectivity index (χ3v) is 5.20. The Bertz CT molecular complexity index is 351. The number of carbonyl (C=O) groups excluding carboxylic acids is 1. The Morgan fingerprint density at radius 1 is 1.50 bits per heavy atom. The summed E-state index contributed by atoms with van der Waals surface area (Å²) >= 11 is 0. The number of amides is 1. The van der Waals surface area contributed by atoms with Crippen LogP contribution in [0.25, 0.3) is 0 Å². The maximum atomic E-state index is 11.5. The fraction of sp³-hybridized carbons (Fsp3) is 0.900. The molecule has 1 heterocycles. The van der Waals surface area contributed by atoms with Gasteiger partial charge in [0, 0.05) is 20.6 Å². The molecule has 0 aromatic carbocycles. The van der Waals surface area contributed by atoms with Crippen LogP contribution >= 0.6 is 0 Å². The summed E-state index contributed by atoms with van der Waals surface area (Å²) in [6, 6.07) is -0.328. The number of hydrogen-bond acceptors (Lipinski definition) is 4. The Hall–Kier alpha value is -0.620. The van der Waals surface area contributed by atoms with Gasteiger partial charge in [-0.25, -0.2) is 8.42 Å². The molecule has 2 atom stereocenters. The molecule has 1 N–H and O–H groups in total. The summed E-state index contributed by atoms with van der Waals surface area (Å²) in [6.45, 7) is 2.13. The van der Waals surface area contributed by atoms with Crippen molar-refractivity contribution in [1.82, 2.24) is 10.2 Å². The minimum absolute atomic E-state index is 0.0320. The molecule has 0 aliphatic carbocycles. The second-order valence-electron chi connectivity index (χ2n) is 4.49. The highest BCUT2D eigenvalue weighted by molar-refractivity contribution is 7.92. The van der Waals surface area contributed by atoms with Gasteiger partial charge in [0.15, 0.2) is 9.84 Å². The zero-order valence-corrected chi connectivity index (χ0v) is 10.9. The minimum Gasteiger partial charge on any atom is -0.347 e. The van der Waals surface area contributed by atoms with Crippen LogP contribution in [-0.4, -0.2) is 56.9 Å². The van der Waals surface area contributed by atoms with E-state index in [0.29, 0.717) is 13.0 Å². The third kappa shape index (κ3) is 3.18. The molecule has 1 fully saturated rings. The highest BCUT2D eigenvalue weighted by Gasteiger charge is 2.31. The zero-order chi connectivity index (χ0) is 12.3. The standard InChI is InChI=1S/C10H20N2O3S/c1-8(10(13)12(2)3)11-7-9-5-4-6-16(9,14)15/h8-9,11H,4-7H2,1-3H3. The molecule has 1 aliphatic rings. The van der Waals surface area contributed by atoms with Crippen molar-refractivity contribution in [3.05, 3.63) is 0 Å². The van der Waals surface area contributed by atoms with Crippen molar-refractivity contribution in [1.29, 1.82) is 0 Å². The van der Waals surface area contributed by atoms with Crippen LogP contribution in [0.2, 0.25) is 0 Å². The van der Waals surface area contributed by atoms with Gasteiger partial charge in [0.05, 0.1) is 17.0 Å². The van der Waals surface area contributed by atoms with Crippen LogP contribution in [0.3, 0.4) is 0 Å². The Labute approximate surface area is 97.1 Å². The Balaban J connectivity index is 2.43. The van der Waals surface area contributed by atoms with Crippen LogP contribution in [0, 0.1) is 0 Å². The average molecular weight is 248 g/mol. The van der Waals surface area contributed by atoms with Crippen molar-refractivity contribution >= 4 is 15.7 Å². The molecule has 1 aliphatic heterocycles. The third-order valence-electron chi connectivity index (χ3n) is 2.93. The first-order chi connectivity index (χ1) is 7.34. The lowest BCUT2D eigenvalue weighted by Gasteiger charge is -2.19. The van der Waals surface area contributed by atoms with E-state index >= 15 is 0 Å². The summed E-state index contributed by atoms with van der Waals surface area (Å²) in [7, 11) is 0.459. The lowest BCUT2D eigenvalue weighted by Crippen LogP contribution is -2.44. The van der Waals surface area contributed by atoms with Gasteiger partial charge < -0.3 is 10.2 Å². The lowest BCUT2D eigenvalue weighted by atomic mass is 10.2. The van der Waals surface area contributed by atoms with Gasteiger partial charge in [0.1, 0.15) is 0 Å². The quantitative estimate of drug-likeness (QED) is 0.737. The van der Waals surface area contributed by atoms with E-state index in [4.69, 9.17) is 0 Å². The Kier molecular flexibility index (Phi) is 4.32. The smallest absolute Gasteiger partial charge is 0.238 e. The van der Waals surface area contributed by atoms with E-state index in [1.807, 2.05) is 0 Å². The van der Waals surface area contributed by atoms with Crippen LogP contribution in [0.1, 0.15) is 19.8 Å². The maximum Gasteiger partial charge on any atom is 0.238 e. The lowest BCUT2D eigenvalue weighted by molar-refractivity contribution is -0.130. The number of likely N-dealkylation sites (N-methyl/N-ethyl adjacent to an activating group) is 1. The summed E-state index contributed by atoms with van der Waals surface area (Å²) in [5.74, 6) is 0.255. The molecular formula is C10H20N2O3S. The largest absolute Gasteiger partial charge is 0.347 e. The van der Waals surface area contributed by atoms with Crippen LogP contribution in [0.15, 0.2) is 0 Å². The molecule has 0 spiro atoms. The van der Waals surface area contributed by atoms with Crippen molar-refractivity contribution in [2.45, 2.75) is 31.1 Å². The SMILES string of the molecule is CC(NCC1CCCS1(=O)=O)C(=O)N(C)C. The second-order valence-corrected chi connectivity index (χ2v) is 6.89. The van der Waals surface area contributed by atoms with Crippen LogP contribution in [0.5, 0.6) is 0 Å². The molecule has 94 valence electrons. The summed E-state index contributed by atoms with van der Waals surface area (Å²) in [4.78, 5) is 13.0. The van der Waals surface area contributed by atoms with E-state index in [-0.39, 0.29) is 23.0 Å². The van der Waals surface area contributed by atoms with E-state index in [0.717, 1.165) is 6.42 Å². The van der Waals surface area contributed by atoms with Gasteiger partial charge in [-0.3, -0.25) is 4.79 Å². The van der Waals surface area contributed by atoms with Crippen molar-refractivity contribution < 1.29 is 13.2 Å². The number of carbonyl (C=O) groups is 1. The molecular weight excluding hydrogens is 228 g/mol. The minimum atomic E-state index is -2.92. The molecule has 1 saturated heterocycles. The van der Waals surface area contributed by atoms with E-state index < -0.39 is 9.84 Å². The van der Waals surface area contributed by atoms with Gasteiger partial charge in [-0.1, -0.05) is 0 Å². The van der Waals surface area contributed by atoms with Crippen molar-refractivity contribution in [3.63, 3.8) is 0 Å². The molecule has 6 heteroatoms. The molecule has 16 heavy (non-hydrogen) atoms. The summed E-state index contributed by atoms with van der Waals surface area (Å²) < 4.78 is 23.1. The van der Waals surface area contributed by atoms with Gasteiger partial charge in [0.2, 0.25) is 5.91 Å². The normalized spacial score (nSPS) is 25.3. The Morgan fingerprint density at radius 3 is 2.56 bits per heavy atom. The number of nitrogens with one attached hydrogen (secondary N) is 1. The van der Waals surface area contributed by atoms with Crippen LogP contribution in [0.4, 0.5) is 0 Å². The number of nitrogens with zero attached hydrogens (tertiary/aromatic N) is 1. The van der Waals surface area contributed by atoms with E-state index in [9.17, 15) is 13.2 Å². The highest BCUT2D eigenvalue weighted by Crippen LogP contribution is 2.19. The van der Waals surface area contributed by atoms with E-state index in [2.05, 4.69) is 5.32 Å². The number of rotatable bonds is 4. The number of hydrogen-bond donors (Lipinski definition) is 1. The van der Waals surface area contributed by atoms with Crippen molar-refractivity contribution in [2.75, 3.05) is 26.4 Å². The summed E-state index contributed by atoms with van der Waals surface area (Å²) in [6.07, 6.45) is 1.45. The predicted octanol–water partition coefficient (Wildman–Crippen LogP) is -0.370. The molecule has 0 saturated carbocycles. The molecule has 0 radical (unpaired) electrons. The van der Waals surface area contributed by atoms with Gasteiger partial charge in [-0.05, 0) is 19.8 Å². The van der Waals surface area contributed by atoms with Crippen LogP contribution in [-0.2, 0) is 14.6 Å². The molecule has 0 aromatic heterocycles. The fourth-order valence-corrected chi connectivity index (χ4v) is 3.65. The zero-order valence-electron chi connectivity index (χ0n) is 10.1. The van der Waals surface area contributed by atoms with E-state index in [1.54, 1.807) is 21.0 Å². The first-order valence-electron chi connectivity index (χ1n) is 5.50. The van der Waals surface area contributed by atoms with Gasteiger partial charge in [-0.15, -0.1) is 0 Å². The Morgan fingerprint density at radius 2 is 2.12 bits per heavy atom. The van der Waals surface area contributed by atoms with Gasteiger partial charge in [0.25, 0.3) is 0 Å². The van der Waals surface area contributed by atoms with Crippen molar-refractivity contribution in [2.24, 2.45) is 0 Å². The first kappa shape index (κ1) is 13.4. The number of sulfone groups is 1. The summed E-state index contributed by atoms with van der Waals surface area (Å²) in [5, 5.41) is 2.68. The molecule has 1 rings (SSSR count). The average Bonchev–Trinajstić information content (AvgIpc) is 2.52. The fourth-order valence-electron chi connectivity index (χ4n) is 1.87. The molecule has 1 amide bonds. The van der Waals surface area contributed by atoms with Crippen molar-refractivity contribution in [3.8, 4) is 0 Å². The second kappa shape index (κ2) is 5.14. The van der Waals surface area contributed by atoms with Gasteiger partial charge in [-0.2, -0.15) is 0 Å². The predicted molar refractivity (Wildman–Crippen MR) is 63.0 cm³/mol. The molecule has 5 nitrogen and oxygen atoms in total. The monoisotopic (exact) mass is 248 g/mol. The first-order valence-corrected chi connectivity index (χ1v) is 7.22. The van der Waals surface area contributed by atoms with Crippen LogP contribution < -0.4 is 5.32 Å².